The SMILES string of the molecule is Cl.NC[C@@H](O)c1cc(Cl)cc(Br)c1. The second kappa shape index (κ2) is 5.83. The molecule has 0 aliphatic carbocycles. The van der Waals surface area contributed by atoms with Crippen LogP contribution in [0, 0.1) is 0 Å². The maximum absolute atomic E-state index is 9.37. The number of nitrogens with two attached hydrogens (primary N) is 1. The van der Waals surface area contributed by atoms with Gasteiger partial charge in [0.2, 0.25) is 0 Å². The van der Waals surface area contributed by atoms with Gasteiger partial charge in [-0.15, -0.1) is 12.4 Å². The van der Waals surface area contributed by atoms with E-state index in [9.17, 15) is 5.11 Å². The van der Waals surface area contributed by atoms with Gasteiger partial charge in [-0.05, 0) is 23.8 Å². The predicted octanol–water partition coefficient (Wildman–Crippen LogP) is 2.52. The first-order chi connectivity index (χ1) is 5.63. The van der Waals surface area contributed by atoms with Crippen LogP contribution in [0.5, 0.6) is 0 Å². The molecule has 0 saturated carbocycles. The van der Waals surface area contributed by atoms with E-state index in [1.54, 1.807) is 18.2 Å². The Hall–Kier alpha value is 0.200. The number of halogens is 3. The van der Waals surface area contributed by atoms with Gasteiger partial charge in [-0.3, -0.25) is 0 Å². The molecule has 2 nitrogen and oxygen atoms in total. The van der Waals surface area contributed by atoms with E-state index in [2.05, 4.69) is 15.9 Å². The van der Waals surface area contributed by atoms with Crippen molar-refractivity contribution in [3.63, 3.8) is 0 Å². The summed E-state index contributed by atoms with van der Waals surface area (Å²) < 4.78 is 0.845. The average Bonchev–Trinajstić information content (AvgIpc) is 2.01. The molecule has 0 spiro atoms. The summed E-state index contributed by atoms with van der Waals surface area (Å²) >= 11 is 9.04. The zero-order chi connectivity index (χ0) is 9.14. The zero-order valence-corrected chi connectivity index (χ0v) is 9.86. The van der Waals surface area contributed by atoms with E-state index in [0.29, 0.717) is 5.02 Å². The monoisotopic (exact) mass is 285 g/mol. The molecule has 0 saturated heterocycles. The Bertz CT molecular complexity index is 263. The lowest BCUT2D eigenvalue weighted by Gasteiger charge is -2.08. The number of aliphatic hydroxyl groups is 1. The lowest BCUT2D eigenvalue weighted by molar-refractivity contribution is 0.186. The number of aliphatic hydroxyl groups excluding tert-OH is 1. The molecule has 3 N–H and O–H groups in total. The lowest BCUT2D eigenvalue weighted by Crippen LogP contribution is -2.11. The summed E-state index contributed by atoms with van der Waals surface area (Å²) in [6.07, 6.45) is -0.639. The quantitative estimate of drug-likeness (QED) is 0.878. The first kappa shape index (κ1) is 13.2. The Kier molecular flexibility index (Phi) is 5.92. The van der Waals surface area contributed by atoms with Crippen molar-refractivity contribution in [3.8, 4) is 0 Å². The van der Waals surface area contributed by atoms with E-state index in [4.69, 9.17) is 17.3 Å². The molecule has 5 heteroatoms. The number of hydrogen-bond donors (Lipinski definition) is 2. The lowest BCUT2D eigenvalue weighted by atomic mass is 10.1. The molecule has 13 heavy (non-hydrogen) atoms. The van der Waals surface area contributed by atoms with Crippen LogP contribution in [-0.4, -0.2) is 11.7 Å². The van der Waals surface area contributed by atoms with Crippen LogP contribution in [0.3, 0.4) is 0 Å². The van der Waals surface area contributed by atoms with Gasteiger partial charge in [0, 0.05) is 16.0 Å². The van der Waals surface area contributed by atoms with Crippen molar-refractivity contribution in [2.75, 3.05) is 6.54 Å². The molecule has 0 amide bonds. The smallest absolute Gasteiger partial charge is 0.0913 e. The van der Waals surface area contributed by atoms with E-state index in [1.807, 2.05) is 0 Å². The average molecular weight is 287 g/mol. The van der Waals surface area contributed by atoms with Crippen LogP contribution in [0.15, 0.2) is 22.7 Å². The van der Waals surface area contributed by atoms with Crippen molar-refractivity contribution >= 4 is 39.9 Å². The van der Waals surface area contributed by atoms with Crippen LogP contribution in [0.25, 0.3) is 0 Å². The van der Waals surface area contributed by atoms with Gasteiger partial charge in [0.15, 0.2) is 0 Å². The van der Waals surface area contributed by atoms with E-state index in [0.717, 1.165) is 10.0 Å². The Balaban J connectivity index is 0.00000144. The molecule has 1 aromatic carbocycles. The molecular formula is C8H10BrCl2NO. The van der Waals surface area contributed by atoms with Crippen molar-refractivity contribution in [2.24, 2.45) is 5.73 Å². The maximum atomic E-state index is 9.37. The number of benzene rings is 1. The maximum Gasteiger partial charge on any atom is 0.0913 e. The molecule has 0 aliphatic heterocycles. The van der Waals surface area contributed by atoms with Gasteiger partial charge in [-0.25, -0.2) is 0 Å². The highest BCUT2D eigenvalue weighted by Crippen LogP contribution is 2.23. The molecular weight excluding hydrogens is 277 g/mol. The van der Waals surface area contributed by atoms with E-state index in [-0.39, 0.29) is 19.0 Å². The van der Waals surface area contributed by atoms with Gasteiger partial charge >= 0.3 is 0 Å². The zero-order valence-electron chi connectivity index (χ0n) is 6.71. The third-order valence-corrected chi connectivity index (χ3v) is 2.17. The van der Waals surface area contributed by atoms with Gasteiger partial charge in [-0.1, -0.05) is 27.5 Å². The fourth-order valence-corrected chi connectivity index (χ4v) is 1.79. The summed E-state index contributed by atoms with van der Waals surface area (Å²) in [6.45, 7) is 0.201. The van der Waals surface area contributed by atoms with Gasteiger partial charge in [0.25, 0.3) is 0 Å². The standard InChI is InChI=1S/C8H9BrClNO.ClH/c9-6-1-5(8(12)4-11)2-7(10)3-6;/h1-3,8,12H,4,11H2;1H/t8-;/m1./s1. The minimum atomic E-state index is -0.639. The minimum absolute atomic E-state index is 0. The largest absolute Gasteiger partial charge is 0.387 e. The van der Waals surface area contributed by atoms with E-state index >= 15 is 0 Å². The summed E-state index contributed by atoms with van der Waals surface area (Å²) in [5.41, 5.74) is 6.03. The molecule has 0 unspecified atom stereocenters. The highest BCUT2D eigenvalue weighted by atomic mass is 79.9. The molecule has 0 aromatic heterocycles. The summed E-state index contributed by atoms with van der Waals surface area (Å²) in [5, 5.41) is 9.96. The third kappa shape index (κ3) is 3.83. The van der Waals surface area contributed by atoms with Crippen LogP contribution in [0.2, 0.25) is 5.02 Å². The molecule has 1 atom stereocenters. The van der Waals surface area contributed by atoms with Crippen molar-refractivity contribution in [1.82, 2.24) is 0 Å². The second-order valence-electron chi connectivity index (χ2n) is 2.45. The number of hydrogen-bond acceptors (Lipinski definition) is 2. The Morgan fingerprint density at radius 2 is 2.08 bits per heavy atom. The van der Waals surface area contributed by atoms with Crippen LogP contribution >= 0.6 is 39.9 Å². The molecule has 0 bridgehead atoms. The highest BCUT2D eigenvalue weighted by Gasteiger charge is 2.06. The molecule has 0 fully saturated rings. The molecule has 0 aliphatic rings. The second-order valence-corrected chi connectivity index (χ2v) is 3.81. The predicted molar refractivity (Wildman–Crippen MR) is 60.4 cm³/mol. The molecule has 1 aromatic rings. The Morgan fingerprint density at radius 1 is 1.46 bits per heavy atom. The van der Waals surface area contributed by atoms with Gasteiger partial charge in [0.1, 0.15) is 0 Å². The molecule has 0 radical (unpaired) electrons. The Morgan fingerprint density at radius 3 is 2.54 bits per heavy atom. The van der Waals surface area contributed by atoms with Crippen LogP contribution in [0.1, 0.15) is 11.7 Å². The van der Waals surface area contributed by atoms with Crippen molar-refractivity contribution in [2.45, 2.75) is 6.10 Å². The van der Waals surface area contributed by atoms with E-state index < -0.39 is 6.10 Å². The fraction of sp³-hybridized carbons (Fsp3) is 0.250. The third-order valence-electron chi connectivity index (χ3n) is 1.49. The van der Waals surface area contributed by atoms with Crippen molar-refractivity contribution in [1.29, 1.82) is 0 Å². The minimum Gasteiger partial charge on any atom is -0.387 e. The summed E-state index contributed by atoms with van der Waals surface area (Å²) in [5.74, 6) is 0. The first-order valence-electron chi connectivity index (χ1n) is 3.47. The summed E-state index contributed by atoms with van der Waals surface area (Å²) in [4.78, 5) is 0. The van der Waals surface area contributed by atoms with Gasteiger partial charge in [0.05, 0.1) is 6.10 Å². The van der Waals surface area contributed by atoms with Crippen molar-refractivity contribution < 1.29 is 5.11 Å². The van der Waals surface area contributed by atoms with Crippen LogP contribution in [0.4, 0.5) is 0 Å². The van der Waals surface area contributed by atoms with E-state index in [1.165, 1.54) is 0 Å². The highest BCUT2D eigenvalue weighted by molar-refractivity contribution is 9.10. The van der Waals surface area contributed by atoms with Gasteiger partial charge in [-0.2, -0.15) is 0 Å². The summed E-state index contributed by atoms with van der Waals surface area (Å²) in [6, 6.07) is 5.25. The molecule has 74 valence electrons. The first-order valence-corrected chi connectivity index (χ1v) is 4.64. The topological polar surface area (TPSA) is 46.2 Å². The molecule has 1 rings (SSSR count). The fourth-order valence-electron chi connectivity index (χ4n) is 0.904. The normalized spacial score (nSPS) is 12.0. The van der Waals surface area contributed by atoms with Crippen LogP contribution in [-0.2, 0) is 0 Å². The van der Waals surface area contributed by atoms with Crippen molar-refractivity contribution in [3.05, 3.63) is 33.3 Å². The summed E-state index contributed by atoms with van der Waals surface area (Å²) in [7, 11) is 0. The molecule has 0 heterocycles. The van der Waals surface area contributed by atoms with Gasteiger partial charge < -0.3 is 10.8 Å². The Labute approximate surface area is 96.6 Å². The number of rotatable bonds is 2. The van der Waals surface area contributed by atoms with Crippen LogP contribution < -0.4 is 5.73 Å².